The normalized spacial score (nSPS) is 14.2. The Kier molecular flexibility index (Phi) is 5.51. The summed E-state index contributed by atoms with van der Waals surface area (Å²) < 4.78 is 10.7. The van der Waals surface area contributed by atoms with Crippen LogP contribution in [-0.2, 0) is 19.5 Å². The van der Waals surface area contributed by atoms with Gasteiger partial charge in [-0.15, -0.1) is 23.7 Å². The van der Waals surface area contributed by atoms with E-state index in [1.165, 1.54) is 11.1 Å². The zero-order chi connectivity index (χ0) is 13.9. The van der Waals surface area contributed by atoms with Crippen LogP contribution >= 0.6 is 23.7 Å². The van der Waals surface area contributed by atoms with E-state index in [0.717, 1.165) is 37.6 Å². The number of hydrogen-bond acceptors (Lipinski definition) is 4. The second-order valence-electron chi connectivity index (χ2n) is 5.05. The zero-order valence-electron chi connectivity index (χ0n) is 12.3. The standard InChI is InChI=1S/C16H19NO2S.ClH/c1-18-14-7-12(8-15(9-14)19-2)10-17-5-3-16-13(11-17)4-6-20-16;/h4,6-9H,3,5,10-11H2,1-2H3;1H. The lowest BCUT2D eigenvalue weighted by Gasteiger charge is -2.27. The van der Waals surface area contributed by atoms with E-state index in [2.05, 4.69) is 28.5 Å². The van der Waals surface area contributed by atoms with Gasteiger partial charge in [-0.1, -0.05) is 0 Å². The molecule has 1 aliphatic rings. The first-order chi connectivity index (χ1) is 9.78. The van der Waals surface area contributed by atoms with Crippen LogP contribution in [0.4, 0.5) is 0 Å². The smallest absolute Gasteiger partial charge is 0.122 e. The quantitative estimate of drug-likeness (QED) is 0.854. The average Bonchev–Trinajstić information content (AvgIpc) is 2.94. The lowest BCUT2D eigenvalue weighted by Crippen LogP contribution is -2.29. The molecule has 2 heterocycles. The van der Waals surface area contributed by atoms with Crippen molar-refractivity contribution in [3.05, 3.63) is 45.6 Å². The minimum atomic E-state index is 0. The van der Waals surface area contributed by atoms with Crippen molar-refractivity contribution in [1.82, 2.24) is 4.90 Å². The fourth-order valence-electron chi connectivity index (χ4n) is 2.66. The van der Waals surface area contributed by atoms with Gasteiger partial charge in [0.1, 0.15) is 11.5 Å². The van der Waals surface area contributed by atoms with Crippen LogP contribution in [0.25, 0.3) is 0 Å². The summed E-state index contributed by atoms with van der Waals surface area (Å²) >= 11 is 1.88. The lowest BCUT2D eigenvalue weighted by molar-refractivity contribution is 0.246. The maximum absolute atomic E-state index is 5.33. The molecule has 2 aromatic rings. The molecule has 3 nitrogen and oxygen atoms in total. The molecule has 0 fully saturated rings. The third kappa shape index (κ3) is 3.70. The van der Waals surface area contributed by atoms with Gasteiger partial charge in [-0.2, -0.15) is 0 Å². The van der Waals surface area contributed by atoms with Crippen LogP contribution in [0.1, 0.15) is 16.0 Å². The molecule has 5 heteroatoms. The van der Waals surface area contributed by atoms with Crippen LogP contribution in [0.3, 0.4) is 0 Å². The fourth-order valence-corrected chi connectivity index (χ4v) is 3.55. The molecule has 21 heavy (non-hydrogen) atoms. The second kappa shape index (κ2) is 7.16. The lowest BCUT2D eigenvalue weighted by atomic mass is 10.1. The first-order valence-electron chi connectivity index (χ1n) is 6.78. The number of benzene rings is 1. The van der Waals surface area contributed by atoms with E-state index < -0.39 is 0 Å². The number of ether oxygens (including phenoxy) is 2. The maximum Gasteiger partial charge on any atom is 0.122 e. The summed E-state index contributed by atoms with van der Waals surface area (Å²) in [6.45, 7) is 3.09. The highest BCUT2D eigenvalue weighted by molar-refractivity contribution is 7.10. The highest BCUT2D eigenvalue weighted by Gasteiger charge is 2.17. The van der Waals surface area contributed by atoms with Gasteiger partial charge in [-0.05, 0) is 41.1 Å². The second-order valence-corrected chi connectivity index (χ2v) is 6.05. The van der Waals surface area contributed by atoms with E-state index in [9.17, 15) is 0 Å². The van der Waals surface area contributed by atoms with E-state index in [1.807, 2.05) is 17.4 Å². The molecule has 114 valence electrons. The SMILES string of the molecule is COc1cc(CN2CCc3sccc3C2)cc(OC)c1.Cl. The molecule has 0 radical (unpaired) electrons. The molecule has 1 aromatic carbocycles. The van der Waals surface area contributed by atoms with Crippen molar-refractivity contribution >= 4 is 23.7 Å². The fraction of sp³-hybridized carbons (Fsp3) is 0.375. The minimum Gasteiger partial charge on any atom is -0.497 e. The van der Waals surface area contributed by atoms with Gasteiger partial charge in [0.25, 0.3) is 0 Å². The van der Waals surface area contributed by atoms with Crippen molar-refractivity contribution < 1.29 is 9.47 Å². The molecule has 1 aromatic heterocycles. The molecule has 0 N–H and O–H groups in total. The Morgan fingerprint density at radius 2 is 1.86 bits per heavy atom. The largest absolute Gasteiger partial charge is 0.497 e. The summed E-state index contributed by atoms with van der Waals surface area (Å²) in [5, 5.41) is 2.20. The van der Waals surface area contributed by atoms with E-state index in [0.29, 0.717) is 0 Å². The zero-order valence-corrected chi connectivity index (χ0v) is 13.9. The summed E-state index contributed by atoms with van der Waals surface area (Å²) in [5.41, 5.74) is 2.72. The van der Waals surface area contributed by atoms with Crippen molar-refractivity contribution in [2.45, 2.75) is 19.5 Å². The molecule has 0 aliphatic carbocycles. The number of hydrogen-bond donors (Lipinski definition) is 0. The number of methoxy groups -OCH3 is 2. The maximum atomic E-state index is 5.33. The summed E-state index contributed by atoms with van der Waals surface area (Å²) in [4.78, 5) is 4.02. The third-order valence-corrected chi connectivity index (χ3v) is 4.73. The van der Waals surface area contributed by atoms with Crippen LogP contribution in [0, 0.1) is 0 Å². The van der Waals surface area contributed by atoms with Gasteiger partial charge in [-0.25, -0.2) is 0 Å². The van der Waals surface area contributed by atoms with Crippen LogP contribution < -0.4 is 9.47 Å². The third-order valence-electron chi connectivity index (χ3n) is 3.70. The Hall–Kier alpha value is -1.23. The van der Waals surface area contributed by atoms with Crippen LogP contribution in [0.2, 0.25) is 0 Å². The molecule has 0 amide bonds. The Labute approximate surface area is 135 Å². The molecular weight excluding hydrogens is 306 g/mol. The van der Waals surface area contributed by atoms with Crippen molar-refractivity contribution in [2.75, 3.05) is 20.8 Å². The number of rotatable bonds is 4. The Morgan fingerprint density at radius 3 is 2.52 bits per heavy atom. The Balaban J connectivity index is 0.00000161. The van der Waals surface area contributed by atoms with Gasteiger partial charge >= 0.3 is 0 Å². The molecule has 0 saturated heterocycles. The topological polar surface area (TPSA) is 21.7 Å². The molecule has 0 bridgehead atoms. The van der Waals surface area contributed by atoms with Crippen LogP contribution in [-0.4, -0.2) is 25.7 Å². The molecule has 0 atom stereocenters. The summed E-state index contributed by atoms with van der Waals surface area (Å²) in [5.74, 6) is 1.71. The van der Waals surface area contributed by atoms with Gasteiger partial charge in [0.15, 0.2) is 0 Å². The van der Waals surface area contributed by atoms with Gasteiger partial charge in [-0.3, -0.25) is 4.90 Å². The minimum absolute atomic E-state index is 0. The first kappa shape index (κ1) is 16.1. The molecule has 1 aliphatic heterocycles. The monoisotopic (exact) mass is 325 g/mol. The summed E-state index contributed by atoms with van der Waals surface area (Å²) in [6, 6.07) is 8.34. The Bertz CT molecular complexity index is 577. The molecular formula is C16H20ClNO2S. The number of nitrogens with zero attached hydrogens (tertiary/aromatic N) is 1. The molecule has 3 rings (SSSR count). The van der Waals surface area contributed by atoms with Crippen LogP contribution in [0.15, 0.2) is 29.6 Å². The van der Waals surface area contributed by atoms with E-state index in [1.54, 1.807) is 19.1 Å². The number of fused-ring (bicyclic) bond motifs is 1. The molecule has 0 unspecified atom stereocenters. The number of halogens is 1. The molecule has 0 saturated carbocycles. The van der Waals surface area contributed by atoms with Crippen molar-refractivity contribution in [3.63, 3.8) is 0 Å². The molecule has 0 spiro atoms. The predicted molar refractivity (Wildman–Crippen MR) is 88.9 cm³/mol. The van der Waals surface area contributed by atoms with Crippen molar-refractivity contribution in [1.29, 1.82) is 0 Å². The van der Waals surface area contributed by atoms with E-state index >= 15 is 0 Å². The van der Waals surface area contributed by atoms with Crippen molar-refractivity contribution in [3.8, 4) is 11.5 Å². The predicted octanol–water partition coefficient (Wildman–Crippen LogP) is 3.75. The van der Waals surface area contributed by atoms with Crippen molar-refractivity contribution in [2.24, 2.45) is 0 Å². The van der Waals surface area contributed by atoms with Gasteiger partial charge in [0.2, 0.25) is 0 Å². The highest BCUT2D eigenvalue weighted by Crippen LogP contribution is 2.27. The van der Waals surface area contributed by atoms with Gasteiger partial charge in [0.05, 0.1) is 14.2 Å². The van der Waals surface area contributed by atoms with Gasteiger partial charge < -0.3 is 9.47 Å². The van der Waals surface area contributed by atoms with E-state index in [-0.39, 0.29) is 12.4 Å². The Morgan fingerprint density at radius 1 is 1.14 bits per heavy atom. The average molecular weight is 326 g/mol. The number of thiophene rings is 1. The first-order valence-corrected chi connectivity index (χ1v) is 7.66. The highest BCUT2D eigenvalue weighted by atomic mass is 35.5. The summed E-state index contributed by atoms with van der Waals surface area (Å²) in [7, 11) is 3.38. The van der Waals surface area contributed by atoms with Gasteiger partial charge in [0, 0.05) is 30.6 Å². The van der Waals surface area contributed by atoms with E-state index in [4.69, 9.17) is 9.47 Å². The van der Waals surface area contributed by atoms with Crippen LogP contribution in [0.5, 0.6) is 11.5 Å². The summed E-state index contributed by atoms with van der Waals surface area (Å²) in [6.07, 6.45) is 1.16.